The smallest absolute Gasteiger partial charge is 0.286 e. The third-order valence-corrected chi connectivity index (χ3v) is 5.46. The molecule has 5 aromatic rings. The third kappa shape index (κ3) is 1.94. The summed E-state index contributed by atoms with van der Waals surface area (Å²) in [5.41, 5.74) is 1.04. The van der Waals surface area contributed by atoms with E-state index in [-0.39, 0.29) is 33.0 Å². The molecule has 0 saturated heterocycles. The standard InChI is InChI=1S/C21H9ClN4O3/c22-19-14-15(11-7-3-4-8-12(11)23-19)25-26-20(14)24-16-13(21(26)29)17(27)9-5-1-2-6-10(9)18(16)28/h1-8,27H. The van der Waals surface area contributed by atoms with Crippen LogP contribution < -0.4 is 10.8 Å². The van der Waals surface area contributed by atoms with Gasteiger partial charge >= 0.3 is 0 Å². The molecule has 29 heavy (non-hydrogen) atoms. The van der Waals surface area contributed by atoms with E-state index in [4.69, 9.17) is 11.6 Å². The molecule has 3 aromatic heterocycles. The predicted molar refractivity (Wildman–Crippen MR) is 107 cm³/mol. The van der Waals surface area contributed by atoms with Crippen LogP contribution >= 0.6 is 11.6 Å². The first-order valence-corrected chi connectivity index (χ1v) is 9.12. The first-order chi connectivity index (χ1) is 14.1. The molecule has 2 aromatic carbocycles. The molecular weight excluding hydrogens is 392 g/mol. The number of rotatable bonds is 0. The fourth-order valence-corrected chi connectivity index (χ4v) is 4.13. The number of carbonyl (C=O) groups is 1. The second-order valence-electron chi connectivity index (χ2n) is 6.74. The summed E-state index contributed by atoms with van der Waals surface area (Å²) in [7, 11) is 0. The molecule has 1 aliphatic carbocycles. The van der Waals surface area contributed by atoms with Crippen molar-refractivity contribution in [3.8, 4) is 0 Å². The largest absolute Gasteiger partial charge is 0.506 e. The molecule has 0 atom stereocenters. The Morgan fingerprint density at radius 2 is 1.66 bits per heavy atom. The molecule has 0 unspecified atom stereocenters. The van der Waals surface area contributed by atoms with Gasteiger partial charge in [-0.1, -0.05) is 54.1 Å². The van der Waals surface area contributed by atoms with E-state index in [0.717, 1.165) is 4.52 Å². The number of ketones is 1. The van der Waals surface area contributed by atoms with Crippen LogP contribution in [0, 0.1) is 0 Å². The van der Waals surface area contributed by atoms with Crippen LogP contribution in [0.1, 0.15) is 21.6 Å². The quantitative estimate of drug-likeness (QED) is 0.401. The van der Waals surface area contributed by atoms with Crippen molar-refractivity contribution in [1.29, 1.82) is 0 Å². The molecule has 0 aliphatic heterocycles. The van der Waals surface area contributed by atoms with Crippen molar-refractivity contribution in [2.24, 2.45) is 0 Å². The highest BCUT2D eigenvalue weighted by Gasteiger charge is 2.29. The Bertz CT molecular complexity index is 1670. The van der Waals surface area contributed by atoms with Crippen LogP contribution in [0.4, 0.5) is 0 Å². The summed E-state index contributed by atoms with van der Waals surface area (Å²) in [6.07, 6.45) is 0. The molecule has 7 nitrogen and oxygen atoms in total. The van der Waals surface area contributed by atoms with E-state index >= 15 is 0 Å². The minimum Gasteiger partial charge on any atom is -0.506 e. The van der Waals surface area contributed by atoms with Crippen LogP contribution in [0.25, 0.3) is 33.2 Å². The van der Waals surface area contributed by atoms with Crippen LogP contribution in [0.3, 0.4) is 0 Å². The number of halogens is 1. The SMILES string of the molecule is O=C1c2ccccc2C(O)=c2c1nc1c3c(Cl)nc4ccccc4c3nn1c2=O. The number of pyridine rings is 1. The molecule has 0 spiro atoms. The predicted octanol–water partition coefficient (Wildman–Crippen LogP) is 2.42. The number of fused-ring (bicyclic) bond motifs is 7. The third-order valence-electron chi connectivity index (χ3n) is 5.18. The minimum atomic E-state index is -0.637. The monoisotopic (exact) mass is 400 g/mol. The topological polar surface area (TPSA) is 97.4 Å². The maximum atomic E-state index is 13.2. The second-order valence-corrected chi connectivity index (χ2v) is 7.10. The second kappa shape index (κ2) is 5.36. The van der Waals surface area contributed by atoms with Crippen LogP contribution in [0.5, 0.6) is 0 Å². The van der Waals surface area contributed by atoms with Gasteiger partial charge in [0.25, 0.3) is 5.56 Å². The highest BCUT2D eigenvalue weighted by Crippen LogP contribution is 2.31. The van der Waals surface area contributed by atoms with Crippen molar-refractivity contribution in [3.63, 3.8) is 0 Å². The molecule has 1 aliphatic rings. The number of aliphatic hydroxyl groups is 1. The van der Waals surface area contributed by atoms with Gasteiger partial charge < -0.3 is 5.11 Å². The molecule has 3 heterocycles. The lowest BCUT2D eigenvalue weighted by Gasteiger charge is -2.13. The first kappa shape index (κ1) is 16.1. The van der Waals surface area contributed by atoms with E-state index in [1.807, 2.05) is 18.2 Å². The molecule has 0 saturated carbocycles. The number of carbonyl (C=O) groups excluding carboxylic acids is 1. The molecular formula is C21H9ClN4O3. The molecule has 0 amide bonds. The summed E-state index contributed by atoms with van der Waals surface area (Å²) >= 11 is 6.39. The fourth-order valence-electron chi connectivity index (χ4n) is 3.86. The van der Waals surface area contributed by atoms with Gasteiger partial charge in [0.2, 0.25) is 5.78 Å². The zero-order valence-electron chi connectivity index (χ0n) is 14.5. The molecule has 6 rings (SSSR count). The fraction of sp³-hybridized carbons (Fsp3) is 0. The number of hydrogen-bond donors (Lipinski definition) is 1. The molecule has 0 radical (unpaired) electrons. The van der Waals surface area contributed by atoms with Gasteiger partial charge in [-0.3, -0.25) is 9.59 Å². The van der Waals surface area contributed by atoms with E-state index in [2.05, 4.69) is 15.1 Å². The number of aromatic nitrogens is 4. The Hall–Kier alpha value is -3.84. The molecule has 138 valence electrons. The first-order valence-electron chi connectivity index (χ1n) is 8.74. The Kier molecular flexibility index (Phi) is 2.99. The normalized spacial score (nSPS) is 13.3. The Morgan fingerprint density at radius 3 is 2.48 bits per heavy atom. The summed E-state index contributed by atoms with van der Waals surface area (Å²) in [6, 6.07) is 13.8. The van der Waals surface area contributed by atoms with Crippen LogP contribution in [0.15, 0.2) is 53.3 Å². The number of hydrogen-bond acceptors (Lipinski definition) is 6. The summed E-state index contributed by atoms with van der Waals surface area (Å²) in [5, 5.41) is 16.2. The summed E-state index contributed by atoms with van der Waals surface area (Å²) in [5.74, 6) is -0.726. The summed E-state index contributed by atoms with van der Waals surface area (Å²) in [4.78, 5) is 35.0. The van der Waals surface area contributed by atoms with Crippen molar-refractivity contribution in [2.45, 2.75) is 0 Å². The van der Waals surface area contributed by atoms with E-state index in [1.165, 1.54) is 0 Å². The van der Waals surface area contributed by atoms with E-state index < -0.39 is 11.3 Å². The molecule has 0 fully saturated rings. The Labute approximate surface area is 166 Å². The minimum absolute atomic E-state index is 0.121. The zero-order valence-corrected chi connectivity index (χ0v) is 15.3. The number of benzene rings is 2. The lowest BCUT2D eigenvalue weighted by molar-refractivity contribution is 0.103. The average Bonchev–Trinajstić information content (AvgIpc) is 3.13. The number of aliphatic hydroxyl groups excluding tert-OH is 1. The van der Waals surface area contributed by atoms with Crippen molar-refractivity contribution in [2.75, 3.05) is 0 Å². The van der Waals surface area contributed by atoms with Gasteiger partial charge in [0.15, 0.2) is 5.65 Å². The number of para-hydroxylation sites is 1. The zero-order chi connectivity index (χ0) is 19.9. The van der Waals surface area contributed by atoms with Gasteiger partial charge in [0, 0.05) is 16.5 Å². The van der Waals surface area contributed by atoms with Crippen molar-refractivity contribution in [1.82, 2.24) is 19.6 Å². The van der Waals surface area contributed by atoms with Gasteiger partial charge in [-0.25, -0.2) is 9.97 Å². The number of nitrogens with zero attached hydrogens (tertiary/aromatic N) is 4. The highest BCUT2D eigenvalue weighted by molar-refractivity contribution is 6.37. The van der Waals surface area contributed by atoms with Crippen molar-refractivity contribution in [3.05, 3.63) is 86.1 Å². The molecule has 8 heteroatoms. The summed E-state index contributed by atoms with van der Waals surface area (Å²) in [6.45, 7) is 0. The lowest BCUT2D eigenvalue weighted by atomic mass is 9.93. The van der Waals surface area contributed by atoms with Gasteiger partial charge in [0.05, 0.1) is 10.9 Å². The maximum Gasteiger partial charge on any atom is 0.286 e. The Morgan fingerprint density at radius 1 is 0.931 bits per heavy atom. The maximum absolute atomic E-state index is 13.2. The van der Waals surface area contributed by atoms with Gasteiger partial charge in [-0.05, 0) is 6.07 Å². The summed E-state index contributed by atoms with van der Waals surface area (Å²) < 4.78 is 1.07. The van der Waals surface area contributed by atoms with Gasteiger partial charge in [-0.15, -0.1) is 0 Å². The average molecular weight is 401 g/mol. The van der Waals surface area contributed by atoms with Crippen LogP contribution in [-0.4, -0.2) is 30.5 Å². The molecule has 1 N–H and O–H groups in total. The van der Waals surface area contributed by atoms with Gasteiger partial charge in [-0.2, -0.15) is 9.61 Å². The van der Waals surface area contributed by atoms with E-state index in [9.17, 15) is 14.7 Å². The van der Waals surface area contributed by atoms with Crippen LogP contribution in [0.2, 0.25) is 5.15 Å². The lowest BCUT2D eigenvalue weighted by Crippen LogP contribution is -2.42. The van der Waals surface area contributed by atoms with Crippen molar-refractivity contribution < 1.29 is 9.90 Å². The van der Waals surface area contributed by atoms with E-state index in [1.54, 1.807) is 30.3 Å². The van der Waals surface area contributed by atoms with Crippen LogP contribution in [-0.2, 0) is 0 Å². The highest BCUT2D eigenvalue weighted by atomic mass is 35.5. The molecule has 0 bridgehead atoms. The van der Waals surface area contributed by atoms with Crippen molar-refractivity contribution >= 4 is 50.6 Å². The Balaban J connectivity index is 1.88. The van der Waals surface area contributed by atoms with Gasteiger partial charge in [0.1, 0.15) is 27.3 Å². The van der Waals surface area contributed by atoms with E-state index in [0.29, 0.717) is 27.4 Å².